The van der Waals surface area contributed by atoms with Gasteiger partial charge in [-0.05, 0) is 47.4 Å². The van der Waals surface area contributed by atoms with Crippen molar-refractivity contribution in [3.8, 4) is 0 Å². The molecule has 0 saturated heterocycles. The Balaban J connectivity index is 0.00000192. The molecule has 23 heavy (non-hydrogen) atoms. The van der Waals surface area contributed by atoms with Crippen molar-refractivity contribution < 1.29 is 8.42 Å². The van der Waals surface area contributed by atoms with Crippen LogP contribution in [0, 0.1) is 6.92 Å². The fraction of sp³-hybridized carbons (Fsp3) is 0.250. The van der Waals surface area contributed by atoms with E-state index in [1.165, 1.54) is 17.2 Å². The average Bonchev–Trinajstić information content (AvgIpc) is 2.92. The SMILES string of the molecule is Cc1cc(Cl)ccc1S(=O)(=O)NCc1ccc2c(c1)CNC2.Cl. The number of hydrogen-bond acceptors (Lipinski definition) is 3. The van der Waals surface area contributed by atoms with Crippen LogP contribution >= 0.6 is 24.0 Å². The first-order chi connectivity index (χ1) is 10.5. The average molecular weight is 373 g/mol. The summed E-state index contributed by atoms with van der Waals surface area (Å²) in [5, 5.41) is 3.80. The highest BCUT2D eigenvalue weighted by Crippen LogP contribution is 2.21. The van der Waals surface area contributed by atoms with Gasteiger partial charge in [0.2, 0.25) is 10.0 Å². The highest BCUT2D eigenvalue weighted by Gasteiger charge is 2.17. The molecule has 0 radical (unpaired) electrons. The van der Waals surface area contributed by atoms with E-state index in [2.05, 4.69) is 10.0 Å². The van der Waals surface area contributed by atoms with Gasteiger partial charge in [0.15, 0.2) is 0 Å². The highest BCUT2D eigenvalue weighted by atomic mass is 35.5. The monoisotopic (exact) mass is 372 g/mol. The minimum Gasteiger partial charge on any atom is -0.309 e. The lowest BCUT2D eigenvalue weighted by Gasteiger charge is -2.10. The Morgan fingerprint density at radius 1 is 1.13 bits per heavy atom. The molecule has 7 heteroatoms. The molecule has 2 aromatic carbocycles. The third-order valence-corrected chi connectivity index (χ3v) is 5.59. The number of hydrogen-bond donors (Lipinski definition) is 2. The first-order valence-electron chi connectivity index (χ1n) is 7.03. The predicted molar refractivity (Wildman–Crippen MR) is 94.4 cm³/mol. The summed E-state index contributed by atoms with van der Waals surface area (Å²) < 4.78 is 27.5. The van der Waals surface area contributed by atoms with E-state index in [1.807, 2.05) is 18.2 Å². The van der Waals surface area contributed by atoms with Crippen LogP contribution in [0.1, 0.15) is 22.3 Å². The van der Waals surface area contributed by atoms with E-state index in [0.29, 0.717) is 10.6 Å². The Morgan fingerprint density at radius 3 is 2.61 bits per heavy atom. The van der Waals surface area contributed by atoms with E-state index in [9.17, 15) is 8.42 Å². The molecule has 0 bridgehead atoms. The van der Waals surface area contributed by atoms with Gasteiger partial charge in [-0.3, -0.25) is 0 Å². The van der Waals surface area contributed by atoms with Crippen LogP contribution in [0.15, 0.2) is 41.3 Å². The molecular formula is C16H18Cl2N2O2S. The number of rotatable bonds is 4. The fourth-order valence-electron chi connectivity index (χ4n) is 2.63. The summed E-state index contributed by atoms with van der Waals surface area (Å²) >= 11 is 5.87. The van der Waals surface area contributed by atoms with E-state index in [-0.39, 0.29) is 23.8 Å². The standard InChI is InChI=1S/C16H17ClN2O2S.ClH/c1-11-6-15(17)4-5-16(11)22(20,21)19-8-12-2-3-13-9-18-10-14(13)7-12;/h2-7,18-19H,8-10H2,1H3;1H. The van der Waals surface area contributed by atoms with Gasteiger partial charge >= 0.3 is 0 Å². The molecule has 0 unspecified atom stereocenters. The number of halogens is 2. The highest BCUT2D eigenvalue weighted by molar-refractivity contribution is 7.89. The lowest BCUT2D eigenvalue weighted by Crippen LogP contribution is -2.24. The second kappa shape index (κ2) is 7.20. The van der Waals surface area contributed by atoms with Crippen molar-refractivity contribution in [3.63, 3.8) is 0 Å². The van der Waals surface area contributed by atoms with Crippen molar-refractivity contribution >= 4 is 34.0 Å². The van der Waals surface area contributed by atoms with Gasteiger partial charge in [0.1, 0.15) is 0 Å². The number of aryl methyl sites for hydroxylation is 1. The maximum absolute atomic E-state index is 12.4. The van der Waals surface area contributed by atoms with Crippen LogP contribution in [0.3, 0.4) is 0 Å². The van der Waals surface area contributed by atoms with E-state index < -0.39 is 10.0 Å². The van der Waals surface area contributed by atoms with Crippen molar-refractivity contribution in [1.29, 1.82) is 0 Å². The van der Waals surface area contributed by atoms with Crippen LogP contribution in [0.4, 0.5) is 0 Å². The molecule has 124 valence electrons. The molecule has 0 amide bonds. The predicted octanol–water partition coefficient (Wildman–Crippen LogP) is 3.15. The summed E-state index contributed by atoms with van der Waals surface area (Å²) in [5.41, 5.74) is 4.11. The van der Waals surface area contributed by atoms with Gasteiger partial charge < -0.3 is 5.32 Å². The Morgan fingerprint density at radius 2 is 1.87 bits per heavy atom. The zero-order valence-corrected chi connectivity index (χ0v) is 15.0. The molecule has 2 aromatic rings. The van der Waals surface area contributed by atoms with Gasteiger partial charge in [-0.1, -0.05) is 29.8 Å². The largest absolute Gasteiger partial charge is 0.309 e. The normalized spacial score (nSPS) is 13.5. The topological polar surface area (TPSA) is 58.2 Å². The lowest BCUT2D eigenvalue weighted by molar-refractivity contribution is 0.580. The molecule has 0 aliphatic carbocycles. The number of benzene rings is 2. The molecule has 2 N–H and O–H groups in total. The Labute approximate surface area is 147 Å². The molecule has 0 fully saturated rings. The summed E-state index contributed by atoms with van der Waals surface area (Å²) in [6, 6.07) is 10.8. The Bertz CT molecular complexity index is 823. The van der Waals surface area contributed by atoms with Crippen molar-refractivity contribution in [2.24, 2.45) is 0 Å². The first kappa shape index (κ1) is 18.2. The summed E-state index contributed by atoms with van der Waals surface area (Å²) in [7, 11) is -3.54. The molecular weight excluding hydrogens is 355 g/mol. The quantitative estimate of drug-likeness (QED) is 0.866. The summed E-state index contributed by atoms with van der Waals surface area (Å²) in [4.78, 5) is 0.264. The second-order valence-electron chi connectivity index (χ2n) is 5.44. The molecule has 0 aromatic heterocycles. The minimum atomic E-state index is -3.54. The zero-order valence-electron chi connectivity index (χ0n) is 12.6. The van der Waals surface area contributed by atoms with Crippen molar-refractivity contribution in [2.75, 3.05) is 0 Å². The van der Waals surface area contributed by atoms with Crippen molar-refractivity contribution in [3.05, 3.63) is 63.7 Å². The van der Waals surface area contributed by atoms with Crippen LogP contribution < -0.4 is 10.0 Å². The molecule has 1 aliphatic rings. The van der Waals surface area contributed by atoms with Gasteiger partial charge in [-0.2, -0.15) is 0 Å². The van der Waals surface area contributed by atoms with Gasteiger partial charge in [0.25, 0.3) is 0 Å². The summed E-state index contributed by atoms with van der Waals surface area (Å²) in [5.74, 6) is 0. The third kappa shape index (κ3) is 4.05. The molecule has 1 heterocycles. The Hall–Kier alpha value is -1.11. The maximum Gasteiger partial charge on any atom is 0.241 e. The number of nitrogens with one attached hydrogen (secondary N) is 2. The van der Waals surface area contributed by atoms with Crippen LogP contribution in [-0.4, -0.2) is 8.42 Å². The molecule has 0 spiro atoms. The van der Waals surface area contributed by atoms with Crippen LogP contribution in [0.2, 0.25) is 5.02 Å². The first-order valence-corrected chi connectivity index (χ1v) is 8.89. The maximum atomic E-state index is 12.4. The van der Waals surface area contributed by atoms with E-state index in [0.717, 1.165) is 18.7 Å². The van der Waals surface area contributed by atoms with Gasteiger partial charge in [-0.15, -0.1) is 12.4 Å². The van der Waals surface area contributed by atoms with Crippen LogP contribution in [0.25, 0.3) is 0 Å². The molecule has 4 nitrogen and oxygen atoms in total. The summed E-state index contributed by atoms with van der Waals surface area (Å²) in [6.07, 6.45) is 0. The smallest absolute Gasteiger partial charge is 0.241 e. The lowest BCUT2D eigenvalue weighted by atomic mass is 10.1. The molecule has 0 saturated carbocycles. The Kier molecular flexibility index (Phi) is 5.70. The van der Waals surface area contributed by atoms with Crippen molar-refractivity contribution in [1.82, 2.24) is 10.0 Å². The van der Waals surface area contributed by atoms with Crippen LogP contribution in [-0.2, 0) is 29.7 Å². The van der Waals surface area contributed by atoms with Gasteiger partial charge in [0, 0.05) is 24.7 Å². The second-order valence-corrected chi connectivity index (χ2v) is 7.61. The number of sulfonamides is 1. The molecule has 0 atom stereocenters. The van der Waals surface area contributed by atoms with E-state index >= 15 is 0 Å². The third-order valence-electron chi connectivity index (χ3n) is 3.79. The number of fused-ring (bicyclic) bond motifs is 1. The van der Waals surface area contributed by atoms with Crippen molar-refractivity contribution in [2.45, 2.75) is 31.5 Å². The summed E-state index contributed by atoms with van der Waals surface area (Å²) in [6.45, 7) is 3.73. The minimum absolute atomic E-state index is 0. The fourth-order valence-corrected chi connectivity index (χ4v) is 4.10. The zero-order chi connectivity index (χ0) is 15.7. The van der Waals surface area contributed by atoms with Crippen LogP contribution in [0.5, 0.6) is 0 Å². The van der Waals surface area contributed by atoms with E-state index in [4.69, 9.17) is 11.6 Å². The van der Waals surface area contributed by atoms with E-state index in [1.54, 1.807) is 19.1 Å². The molecule has 1 aliphatic heterocycles. The van der Waals surface area contributed by atoms with Gasteiger partial charge in [-0.25, -0.2) is 13.1 Å². The molecule has 3 rings (SSSR count). The van der Waals surface area contributed by atoms with Gasteiger partial charge in [0.05, 0.1) is 4.90 Å².